The molecule has 0 aliphatic heterocycles. The fraction of sp³-hybridized carbons (Fsp3) is 0. The second kappa shape index (κ2) is 19.1. The maximum Gasteiger partial charge on any atom is 0 e. The van der Waals surface area contributed by atoms with E-state index < -0.39 is 0 Å². The van der Waals surface area contributed by atoms with Crippen LogP contribution in [0.4, 0.5) is 0 Å². The van der Waals surface area contributed by atoms with Gasteiger partial charge in [-0.05, 0) is 0 Å². The van der Waals surface area contributed by atoms with Crippen LogP contribution in [0.1, 0.15) is 0 Å². The Morgan fingerprint density at radius 1 is 0.500 bits per heavy atom. The van der Waals surface area contributed by atoms with E-state index in [0.29, 0.717) is 0 Å². The van der Waals surface area contributed by atoms with E-state index in [4.69, 9.17) is 0 Å². The van der Waals surface area contributed by atoms with Crippen molar-refractivity contribution >= 4 is 0 Å². The van der Waals surface area contributed by atoms with Crippen molar-refractivity contribution in [3.63, 3.8) is 0 Å². The van der Waals surface area contributed by atoms with E-state index in [0.717, 1.165) is 0 Å². The molecule has 0 saturated heterocycles. The van der Waals surface area contributed by atoms with E-state index in [9.17, 15) is 0 Å². The molecule has 0 aromatic rings. The van der Waals surface area contributed by atoms with Crippen LogP contribution in [-0.4, -0.2) is 0 Å². The first-order chi connectivity index (χ1) is 0. The topological polar surface area (TPSA) is 0 Å². The molecule has 0 nitrogen and oxygen atoms in total. The second-order valence-corrected chi connectivity index (χ2v) is 0. The summed E-state index contributed by atoms with van der Waals surface area (Å²) in [6.45, 7) is 0. The molecule has 0 aromatic carbocycles. The van der Waals surface area contributed by atoms with Crippen molar-refractivity contribution in [1.82, 2.24) is 0 Å². The van der Waals surface area contributed by atoms with Crippen LogP contribution in [0.25, 0.3) is 0 Å². The Bertz CT molecular complexity index is 3.25. The summed E-state index contributed by atoms with van der Waals surface area (Å²) in [5.74, 6) is 0. The van der Waals surface area contributed by atoms with Gasteiger partial charge >= 0.3 is 0 Å². The molecule has 0 aromatic heterocycles. The standard InChI is InChI=1S/3Co.Ir. The molecule has 0 N–H and O–H groups in total. The molecule has 0 aliphatic carbocycles. The smallest absolute Gasteiger partial charge is 0 e. The molecule has 0 amide bonds. The van der Waals surface area contributed by atoms with Crippen molar-refractivity contribution < 1.29 is 70.4 Å². The van der Waals surface area contributed by atoms with Crippen molar-refractivity contribution in [3.05, 3.63) is 0 Å². The average Bonchev–Trinajstić information content (AvgIpc) is 0. The van der Waals surface area contributed by atoms with Crippen LogP contribution < -0.4 is 0 Å². The summed E-state index contributed by atoms with van der Waals surface area (Å²) in [5, 5.41) is 0. The number of hydrogen-bond acceptors (Lipinski definition) is 0. The van der Waals surface area contributed by atoms with Gasteiger partial charge in [0.1, 0.15) is 0 Å². The van der Waals surface area contributed by atoms with E-state index in [1.807, 2.05) is 0 Å². The summed E-state index contributed by atoms with van der Waals surface area (Å²) < 4.78 is 0. The van der Waals surface area contributed by atoms with Crippen molar-refractivity contribution in [3.8, 4) is 0 Å². The van der Waals surface area contributed by atoms with Crippen LogP contribution in [0.2, 0.25) is 0 Å². The molecular formula is Co3Ir. The molecule has 4 radical (unpaired) electrons. The van der Waals surface area contributed by atoms with Crippen molar-refractivity contribution in [1.29, 1.82) is 0 Å². The Morgan fingerprint density at radius 3 is 0.500 bits per heavy atom. The first-order valence-electron chi connectivity index (χ1n) is 0. The monoisotopic (exact) mass is 370 g/mol. The molecule has 36 valence electrons. The zero-order valence-electron chi connectivity index (χ0n) is 1.33. The Labute approximate surface area is 69.8 Å². The normalized spacial score (nSPS) is 0. The number of hydrogen-bond donors (Lipinski definition) is 0. The van der Waals surface area contributed by atoms with Gasteiger partial charge in [0.25, 0.3) is 0 Å². The molecule has 0 rings (SSSR count). The Hall–Kier alpha value is 2.17. The molecule has 0 atom stereocenters. The van der Waals surface area contributed by atoms with E-state index >= 15 is 0 Å². The summed E-state index contributed by atoms with van der Waals surface area (Å²) in [7, 11) is 0. The fourth-order valence-corrected chi connectivity index (χ4v) is 0. The summed E-state index contributed by atoms with van der Waals surface area (Å²) >= 11 is 0. The minimum atomic E-state index is 0. The SMILES string of the molecule is [Co].[Co].[Co].[Ir]. The maximum atomic E-state index is 0. The first-order valence-corrected chi connectivity index (χ1v) is 0. The van der Waals surface area contributed by atoms with Gasteiger partial charge < -0.3 is 0 Å². The second-order valence-electron chi connectivity index (χ2n) is 0. The molecule has 4 heavy (non-hydrogen) atoms. The van der Waals surface area contributed by atoms with Gasteiger partial charge in [-0.1, -0.05) is 0 Å². The molecule has 4 heteroatoms. The summed E-state index contributed by atoms with van der Waals surface area (Å²) in [4.78, 5) is 0. The van der Waals surface area contributed by atoms with Crippen LogP contribution in [0.3, 0.4) is 0 Å². The van der Waals surface area contributed by atoms with Crippen molar-refractivity contribution in [2.24, 2.45) is 0 Å². The molecule has 0 spiro atoms. The Kier molecular flexibility index (Phi) is 167. The average molecular weight is 369 g/mol. The van der Waals surface area contributed by atoms with Crippen molar-refractivity contribution in [2.45, 2.75) is 0 Å². The van der Waals surface area contributed by atoms with E-state index in [-0.39, 0.29) is 70.4 Å². The van der Waals surface area contributed by atoms with E-state index in [2.05, 4.69) is 0 Å². The quantitative estimate of drug-likeness (QED) is 0.564. The molecule has 0 saturated carbocycles. The van der Waals surface area contributed by atoms with Gasteiger partial charge in [-0.3, -0.25) is 0 Å². The molecule has 0 aliphatic rings. The molecule has 0 fully saturated rings. The van der Waals surface area contributed by atoms with Crippen LogP contribution in [0.5, 0.6) is 0 Å². The summed E-state index contributed by atoms with van der Waals surface area (Å²) in [6.07, 6.45) is 0. The third kappa shape index (κ3) is 8.90. The largest absolute Gasteiger partial charge is 0 e. The van der Waals surface area contributed by atoms with E-state index in [1.54, 1.807) is 0 Å². The summed E-state index contributed by atoms with van der Waals surface area (Å²) in [6, 6.07) is 0. The Balaban J connectivity index is 0. The van der Waals surface area contributed by atoms with Gasteiger partial charge in [0.2, 0.25) is 0 Å². The molecule has 0 heterocycles. The number of rotatable bonds is 0. The molecular weight excluding hydrogens is 369 g/mol. The van der Waals surface area contributed by atoms with Crippen LogP contribution in [0.15, 0.2) is 0 Å². The van der Waals surface area contributed by atoms with Gasteiger partial charge in [0.15, 0.2) is 0 Å². The summed E-state index contributed by atoms with van der Waals surface area (Å²) in [5.41, 5.74) is 0. The van der Waals surface area contributed by atoms with Gasteiger partial charge in [-0.15, -0.1) is 0 Å². The molecule has 0 bridgehead atoms. The van der Waals surface area contributed by atoms with Crippen LogP contribution >= 0.6 is 0 Å². The third-order valence-corrected chi connectivity index (χ3v) is 0. The van der Waals surface area contributed by atoms with Crippen molar-refractivity contribution in [2.75, 3.05) is 0 Å². The van der Waals surface area contributed by atoms with Gasteiger partial charge in [-0.2, -0.15) is 0 Å². The minimum Gasteiger partial charge on any atom is 0 e. The van der Waals surface area contributed by atoms with Crippen LogP contribution in [0, 0.1) is 0 Å². The predicted octanol–water partition coefficient (Wildman–Crippen LogP) is -0.0100. The molecule has 0 unspecified atom stereocenters. The Morgan fingerprint density at radius 2 is 0.500 bits per heavy atom. The first kappa shape index (κ1) is 35.0. The zero-order valence-corrected chi connectivity index (χ0v) is 6.85. The van der Waals surface area contributed by atoms with Gasteiger partial charge in [0.05, 0.1) is 0 Å². The van der Waals surface area contributed by atoms with Crippen LogP contribution in [-0.2, 0) is 70.4 Å². The third-order valence-electron chi connectivity index (χ3n) is 0. The fourth-order valence-electron chi connectivity index (χ4n) is 0. The minimum absolute atomic E-state index is 0. The van der Waals surface area contributed by atoms with Gasteiger partial charge in [0, 0.05) is 70.4 Å². The van der Waals surface area contributed by atoms with Gasteiger partial charge in [-0.25, -0.2) is 0 Å². The predicted molar refractivity (Wildman–Crippen MR) is 0 cm³/mol. The maximum absolute atomic E-state index is 0. The zero-order chi connectivity index (χ0) is 0. The van der Waals surface area contributed by atoms with E-state index in [1.165, 1.54) is 0 Å².